The molecule has 3 rings (SSSR count). The molecule has 0 bridgehead atoms. The molecule has 0 saturated heterocycles. The Morgan fingerprint density at radius 2 is 1.56 bits per heavy atom. The van der Waals surface area contributed by atoms with E-state index in [4.69, 9.17) is 4.42 Å². The van der Waals surface area contributed by atoms with Crippen LogP contribution in [0.2, 0.25) is 0 Å². The third-order valence-corrected chi connectivity index (χ3v) is 5.19. The molecule has 2 aromatic carbocycles. The summed E-state index contributed by atoms with van der Waals surface area (Å²) in [5.74, 6) is 0.823. The van der Waals surface area contributed by atoms with Crippen LogP contribution in [0.25, 0.3) is 0 Å². The predicted molar refractivity (Wildman–Crippen MR) is 124 cm³/mol. The van der Waals surface area contributed by atoms with E-state index in [0.717, 1.165) is 11.1 Å². The van der Waals surface area contributed by atoms with Crippen molar-refractivity contribution < 1.29 is 13.6 Å². The summed E-state index contributed by atoms with van der Waals surface area (Å²) in [6.45, 7) is 10.7. The number of nitrogens with one attached hydrogen (secondary N) is 1. The van der Waals surface area contributed by atoms with Crippen molar-refractivity contribution in [1.29, 1.82) is 0 Å². The monoisotopic (exact) mass is 437 g/mol. The highest BCUT2D eigenvalue weighted by molar-refractivity contribution is 5.91. The minimum Gasteiger partial charge on any atom is -0.447 e. The molecular formula is C26H32FN3O2. The molecule has 1 heterocycles. The Morgan fingerprint density at radius 1 is 0.969 bits per heavy atom. The number of nitrogens with zero attached hydrogens (tertiary/aromatic N) is 2. The number of amides is 1. The zero-order chi connectivity index (χ0) is 23.1. The van der Waals surface area contributed by atoms with Gasteiger partial charge < -0.3 is 9.73 Å². The second-order valence-electron chi connectivity index (χ2n) is 8.90. The number of benzene rings is 2. The van der Waals surface area contributed by atoms with Crippen molar-refractivity contribution in [2.24, 2.45) is 5.92 Å². The van der Waals surface area contributed by atoms with Crippen molar-refractivity contribution in [1.82, 2.24) is 15.2 Å². The zero-order valence-corrected chi connectivity index (χ0v) is 19.3. The highest BCUT2D eigenvalue weighted by atomic mass is 19.1. The van der Waals surface area contributed by atoms with E-state index < -0.39 is 0 Å². The standard InChI is InChI=1S/C26H32FN3O2/c1-18(2)13-28-26(31)24-17-32-25(29-24)16-30(15-21-7-11-23(27)12-8-21)14-20-5-9-22(10-6-20)19(3)4/h5-12,17-19H,13-16H2,1-4H3,(H,28,31). The summed E-state index contributed by atoms with van der Waals surface area (Å²) < 4.78 is 18.9. The molecule has 0 aliphatic rings. The van der Waals surface area contributed by atoms with Crippen LogP contribution in [0.5, 0.6) is 0 Å². The van der Waals surface area contributed by atoms with Gasteiger partial charge in [0.05, 0.1) is 6.54 Å². The Morgan fingerprint density at radius 3 is 2.12 bits per heavy atom. The molecule has 0 fully saturated rings. The fourth-order valence-corrected chi connectivity index (χ4v) is 3.35. The van der Waals surface area contributed by atoms with Gasteiger partial charge in [-0.3, -0.25) is 9.69 Å². The summed E-state index contributed by atoms with van der Waals surface area (Å²) in [6.07, 6.45) is 1.40. The van der Waals surface area contributed by atoms with Gasteiger partial charge in [0.2, 0.25) is 5.89 Å². The fourth-order valence-electron chi connectivity index (χ4n) is 3.35. The van der Waals surface area contributed by atoms with Crippen LogP contribution in [0, 0.1) is 11.7 Å². The van der Waals surface area contributed by atoms with Crippen LogP contribution in [0.1, 0.15) is 66.7 Å². The molecule has 5 nitrogen and oxygen atoms in total. The van der Waals surface area contributed by atoms with Gasteiger partial charge in [0.1, 0.15) is 12.1 Å². The van der Waals surface area contributed by atoms with Gasteiger partial charge in [-0.25, -0.2) is 9.37 Å². The molecule has 1 N–H and O–H groups in total. The van der Waals surface area contributed by atoms with Gasteiger partial charge in [-0.15, -0.1) is 0 Å². The minimum absolute atomic E-state index is 0.233. The Kier molecular flexibility index (Phi) is 8.17. The summed E-state index contributed by atoms with van der Waals surface area (Å²) in [5.41, 5.74) is 3.73. The first-order valence-corrected chi connectivity index (χ1v) is 11.1. The van der Waals surface area contributed by atoms with Gasteiger partial charge in [-0.05, 0) is 40.7 Å². The molecule has 1 aromatic heterocycles. The minimum atomic E-state index is -0.255. The third kappa shape index (κ3) is 7.02. The average Bonchev–Trinajstić information content (AvgIpc) is 3.22. The first kappa shape index (κ1) is 23.7. The lowest BCUT2D eigenvalue weighted by Gasteiger charge is -2.21. The maximum Gasteiger partial charge on any atom is 0.273 e. The molecule has 0 aliphatic heterocycles. The van der Waals surface area contributed by atoms with Crippen LogP contribution in [-0.4, -0.2) is 22.3 Å². The van der Waals surface area contributed by atoms with Crippen molar-refractivity contribution in [3.05, 3.63) is 88.9 Å². The van der Waals surface area contributed by atoms with E-state index in [9.17, 15) is 9.18 Å². The molecular weight excluding hydrogens is 405 g/mol. The highest BCUT2D eigenvalue weighted by Gasteiger charge is 2.16. The third-order valence-electron chi connectivity index (χ3n) is 5.19. The van der Waals surface area contributed by atoms with E-state index in [1.165, 1.54) is 24.0 Å². The van der Waals surface area contributed by atoms with Gasteiger partial charge in [-0.2, -0.15) is 0 Å². The fraction of sp³-hybridized carbons (Fsp3) is 0.385. The molecule has 6 heteroatoms. The second kappa shape index (κ2) is 11.0. The Labute approximate surface area is 189 Å². The number of aromatic nitrogens is 1. The van der Waals surface area contributed by atoms with Crippen LogP contribution >= 0.6 is 0 Å². The van der Waals surface area contributed by atoms with E-state index in [0.29, 0.717) is 43.9 Å². The lowest BCUT2D eigenvalue weighted by Crippen LogP contribution is -2.27. The van der Waals surface area contributed by atoms with E-state index in [1.54, 1.807) is 12.1 Å². The first-order chi connectivity index (χ1) is 15.3. The summed E-state index contributed by atoms with van der Waals surface area (Å²) in [4.78, 5) is 18.8. The van der Waals surface area contributed by atoms with Crippen LogP contribution in [0.4, 0.5) is 4.39 Å². The number of carbonyl (C=O) groups excluding carboxylic acids is 1. The number of oxazole rings is 1. The Balaban J connectivity index is 1.73. The summed E-state index contributed by atoms with van der Waals surface area (Å²) in [6, 6.07) is 15.1. The molecule has 0 radical (unpaired) electrons. The molecule has 0 saturated carbocycles. The van der Waals surface area contributed by atoms with Gasteiger partial charge >= 0.3 is 0 Å². The molecule has 170 valence electrons. The van der Waals surface area contributed by atoms with Crippen molar-refractivity contribution >= 4 is 5.91 Å². The Hall–Kier alpha value is -2.99. The van der Waals surface area contributed by atoms with Gasteiger partial charge in [0.15, 0.2) is 5.69 Å². The molecule has 1 amide bonds. The maximum absolute atomic E-state index is 13.3. The van der Waals surface area contributed by atoms with E-state index in [1.807, 2.05) is 13.8 Å². The normalized spacial score (nSPS) is 11.5. The molecule has 32 heavy (non-hydrogen) atoms. The number of hydrogen-bond acceptors (Lipinski definition) is 4. The average molecular weight is 438 g/mol. The van der Waals surface area contributed by atoms with Crippen molar-refractivity contribution in [2.75, 3.05) is 6.54 Å². The van der Waals surface area contributed by atoms with Crippen LogP contribution in [-0.2, 0) is 19.6 Å². The van der Waals surface area contributed by atoms with Crippen LogP contribution < -0.4 is 5.32 Å². The number of carbonyl (C=O) groups is 1. The zero-order valence-electron chi connectivity index (χ0n) is 19.3. The molecule has 3 aromatic rings. The van der Waals surface area contributed by atoms with Crippen molar-refractivity contribution in [3.8, 4) is 0 Å². The number of halogens is 1. The molecule has 0 aliphatic carbocycles. The second-order valence-corrected chi connectivity index (χ2v) is 8.90. The summed E-state index contributed by atoms with van der Waals surface area (Å²) >= 11 is 0. The predicted octanol–water partition coefficient (Wildman–Crippen LogP) is 5.53. The highest BCUT2D eigenvalue weighted by Crippen LogP contribution is 2.18. The quantitative estimate of drug-likeness (QED) is 0.453. The van der Waals surface area contributed by atoms with Crippen LogP contribution in [0.15, 0.2) is 59.2 Å². The lowest BCUT2D eigenvalue weighted by atomic mass is 10.0. The SMILES string of the molecule is CC(C)CNC(=O)c1coc(CN(Cc2ccc(F)cc2)Cc2ccc(C(C)C)cc2)n1. The summed E-state index contributed by atoms with van der Waals surface area (Å²) in [7, 11) is 0. The summed E-state index contributed by atoms with van der Waals surface area (Å²) in [5, 5.41) is 2.85. The van der Waals surface area contributed by atoms with Crippen LogP contribution in [0.3, 0.4) is 0 Å². The van der Waals surface area contributed by atoms with Gasteiger partial charge in [0, 0.05) is 19.6 Å². The number of hydrogen-bond donors (Lipinski definition) is 1. The van der Waals surface area contributed by atoms with Gasteiger partial charge in [0.25, 0.3) is 5.91 Å². The smallest absolute Gasteiger partial charge is 0.273 e. The Bertz CT molecular complexity index is 995. The van der Waals surface area contributed by atoms with Crippen molar-refractivity contribution in [2.45, 2.75) is 53.2 Å². The largest absolute Gasteiger partial charge is 0.447 e. The number of rotatable bonds is 10. The van der Waals surface area contributed by atoms with E-state index in [-0.39, 0.29) is 17.4 Å². The first-order valence-electron chi connectivity index (χ1n) is 11.1. The lowest BCUT2D eigenvalue weighted by molar-refractivity contribution is 0.0944. The maximum atomic E-state index is 13.3. The molecule has 0 unspecified atom stereocenters. The topological polar surface area (TPSA) is 58.4 Å². The van der Waals surface area contributed by atoms with Crippen molar-refractivity contribution in [3.63, 3.8) is 0 Å². The molecule has 0 atom stereocenters. The molecule has 0 spiro atoms. The van der Waals surface area contributed by atoms with E-state index in [2.05, 4.69) is 53.3 Å². The van der Waals surface area contributed by atoms with E-state index >= 15 is 0 Å². The van der Waals surface area contributed by atoms with Gasteiger partial charge in [-0.1, -0.05) is 64.1 Å².